The van der Waals surface area contributed by atoms with Crippen molar-refractivity contribution in [2.24, 2.45) is 5.92 Å². The van der Waals surface area contributed by atoms with E-state index < -0.39 is 27.8 Å². The van der Waals surface area contributed by atoms with Crippen molar-refractivity contribution in [1.29, 1.82) is 0 Å². The van der Waals surface area contributed by atoms with Crippen molar-refractivity contribution in [3.8, 4) is 0 Å². The van der Waals surface area contributed by atoms with Gasteiger partial charge in [0.15, 0.2) is 0 Å². The van der Waals surface area contributed by atoms with Crippen molar-refractivity contribution in [1.82, 2.24) is 4.72 Å². The Hall–Kier alpha value is -1.96. The zero-order chi connectivity index (χ0) is 18.6. The van der Waals surface area contributed by atoms with Crippen LogP contribution >= 0.6 is 11.6 Å². The van der Waals surface area contributed by atoms with Crippen LogP contribution < -0.4 is 10.0 Å². The van der Waals surface area contributed by atoms with E-state index in [1.165, 1.54) is 24.3 Å². The summed E-state index contributed by atoms with van der Waals surface area (Å²) in [6.07, 6.45) is 0. The third-order valence-electron chi connectivity index (χ3n) is 3.47. The van der Waals surface area contributed by atoms with Gasteiger partial charge in [0, 0.05) is 5.69 Å². The van der Waals surface area contributed by atoms with Crippen LogP contribution in [0, 0.1) is 11.7 Å². The van der Waals surface area contributed by atoms with Gasteiger partial charge in [-0.3, -0.25) is 4.79 Å². The zero-order valence-corrected chi connectivity index (χ0v) is 15.2. The van der Waals surface area contributed by atoms with Crippen LogP contribution in [0.1, 0.15) is 13.8 Å². The Kier molecular flexibility index (Phi) is 6.16. The highest BCUT2D eigenvalue weighted by Gasteiger charge is 2.28. The quantitative estimate of drug-likeness (QED) is 0.801. The van der Waals surface area contributed by atoms with E-state index >= 15 is 0 Å². The molecule has 2 aromatic carbocycles. The number of halogens is 2. The fraction of sp³-hybridized carbons (Fsp3) is 0.235. The SMILES string of the molecule is CC(C)[C@H](NS(=O)(=O)c1ccccc1)C(=O)Nc1ccc(F)c(Cl)c1. The molecule has 134 valence electrons. The molecule has 0 saturated heterocycles. The first-order valence-electron chi connectivity index (χ1n) is 7.54. The van der Waals surface area contributed by atoms with Gasteiger partial charge in [-0.1, -0.05) is 43.6 Å². The second kappa shape index (κ2) is 7.95. The van der Waals surface area contributed by atoms with Gasteiger partial charge in [0.05, 0.1) is 9.92 Å². The predicted octanol–water partition coefficient (Wildman–Crippen LogP) is 3.42. The molecule has 2 N–H and O–H groups in total. The molecular weight excluding hydrogens is 367 g/mol. The van der Waals surface area contributed by atoms with Crippen molar-refractivity contribution < 1.29 is 17.6 Å². The Labute approximate surface area is 151 Å². The maximum Gasteiger partial charge on any atom is 0.242 e. The van der Waals surface area contributed by atoms with Gasteiger partial charge in [0.25, 0.3) is 0 Å². The van der Waals surface area contributed by atoms with Gasteiger partial charge in [-0.25, -0.2) is 12.8 Å². The fourth-order valence-electron chi connectivity index (χ4n) is 2.12. The third kappa shape index (κ3) is 5.01. The molecule has 0 unspecified atom stereocenters. The second-order valence-electron chi connectivity index (χ2n) is 5.77. The highest BCUT2D eigenvalue weighted by molar-refractivity contribution is 7.89. The minimum atomic E-state index is -3.85. The van der Waals surface area contributed by atoms with E-state index in [-0.39, 0.29) is 21.5 Å². The van der Waals surface area contributed by atoms with Crippen LogP contribution in [0.2, 0.25) is 5.02 Å². The lowest BCUT2D eigenvalue weighted by Gasteiger charge is -2.21. The average Bonchev–Trinajstić information content (AvgIpc) is 2.56. The summed E-state index contributed by atoms with van der Waals surface area (Å²) in [6, 6.07) is 10.5. The third-order valence-corrected chi connectivity index (χ3v) is 5.22. The number of hydrogen-bond acceptors (Lipinski definition) is 3. The first-order chi connectivity index (χ1) is 11.7. The lowest BCUT2D eigenvalue weighted by molar-refractivity contribution is -0.118. The first kappa shape index (κ1) is 19.4. The molecule has 0 radical (unpaired) electrons. The minimum absolute atomic E-state index is 0.0678. The number of anilines is 1. The fourth-order valence-corrected chi connectivity index (χ4v) is 3.67. The minimum Gasteiger partial charge on any atom is -0.325 e. The highest BCUT2D eigenvalue weighted by Crippen LogP contribution is 2.20. The first-order valence-corrected chi connectivity index (χ1v) is 9.40. The molecule has 0 heterocycles. The number of sulfonamides is 1. The normalized spacial score (nSPS) is 12.8. The Morgan fingerprint density at radius 3 is 2.32 bits per heavy atom. The average molecular weight is 385 g/mol. The number of nitrogens with one attached hydrogen (secondary N) is 2. The molecule has 0 fully saturated rings. The number of rotatable bonds is 6. The lowest BCUT2D eigenvalue weighted by Crippen LogP contribution is -2.47. The van der Waals surface area contributed by atoms with Crippen LogP contribution in [0.25, 0.3) is 0 Å². The molecule has 2 rings (SSSR count). The molecule has 0 spiro atoms. The number of hydrogen-bond donors (Lipinski definition) is 2. The van der Waals surface area contributed by atoms with Crippen molar-refractivity contribution in [2.45, 2.75) is 24.8 Å². The second-order valence-corrected chi connectivity index (χ2v) is 7.90. The van der Waals surface area contributed by atoms with Gasteiger partial charge in [-0.15, -0.1) is 0 Å². The number of carbonyl (C=O) groups excluding carboxylic acids is 1. The monoisotopic (exact) mass is 384 g/mol. The standard InChI is InChI=1S/C17H18ClFN2O3S/c1-11(2)16(21-25(23,24)13-6-4-3-5-7-13)17(22)20-12-8-9-15(19)14(18)10-12/h3-11,16,21H,1-2H3,(H,20,22)/t16-/m0/s1. The smallest absolute Gasteiger partial charge is 0.242 e. The van der Waals surface area contributed by atoms with Crippen LogP contribution in [0.15, 0.2) is 53.4 Å². The number of benzene rings is 2. The summed E-state index contributed by atoms with van der Waals surface area (Å²) in [5.41, 5.74) is 0.279. The Balaban J connectivity index is 2.20. The molecule has 0 aliphatic carbocycles. The van der Waals surface area contributed by atoms with Gasteiger partial charge in [-0.05, 0) is 36.2 Å². The van der Waals surface area contributed by atoms with Crippen LogP contribution in [-0.2, 0) is 14.8 Å². The highest BCUT2D eigenvalue weighted by atomic mass is 35.5. The van der Waals surface area contributed by atoms with E-state index in [9.17, 15) is 17.6 Å². The Morgan fingerprint density at radius 1 is 1.12 bits per heavy atom. The predicted molar refractivity (Wildman–Crippen MR) is 95.4 cm³/mol. The lowest BCUT2D eigenvalue weighted by atomic mass is 10.0. The molecule has 0 bridgehead atoms. The summed E-state index contributed by atoms with van der Waals surface area (Å²) in [5.74, 6) is -1.48. The largest absolute Gasteiger partial charge is 0.325 e. The molecule has 25 heavy (non-hydrogen) atoms. The number of carbonyl (C=O) groups is 1. The summed E-state index contributed by atoms with van der Waals surface area (Å²) >= 11 is 5.69. The van der Waals surface area contributed by atoms with Gasteiger partial charge in [-0.2, -0.15) is 4.72 Å². The van der Waals surface area contributed by atoms with Gasteiger partial charge in [0.2, 0.25) is 15.9 Å². The Bertz CT molecular complexity index is 857. The maximum atomic E-state index is 13.2. The summed E-state index contributed by atoms with van der Waals surface area (Å²) < 4.78 is 40.5. The molecule has 1 atom stereocenters. The molecule has 0 aliphatic rings. The van der Waals surface area contributed by atoms with E-state index in [2.05, 4.69) is 10.0 Å². The van der Waals surface area contributed by atoms with Gasteiger partial charge in [0.1, 0.15) is 11.9 Å². The molecule has 0 aliphatic heterocycles. The summed E-state index contributed by atoms with van der Waals surface area (Å²) in [7, 11) is -3.85. The molecule has 5 nitrogen and oxygen atoms in total. The van der Waals surface area contributed by atoms with Crippen molar-refractivity contribution in [3.05, 3.63) is 59.4 Å². The van der Waals surface area contributed by atoms with Crippen LogP contribution in [0.5, 0.6) is 0 Å². The van der Waals surface area contributed by atoms with Crippen LogP contribution in [0.3, 0.4) is 0 Å². The van der Waals surface area contributed by atoms with E-state index in [1.54, 1.807) is 32.0 Å². The molecule has 0 aromatic heterocycles. The Morgan fingerprint density at radius 2 is 1.76 bits per heavy atom. The van der Waals surface area contributed by atoms with Crippen molar-refractivity contribution >= 4 is 33.2 Å². The van der Waals surface area contributed by atoms with Gasteiger partial charge >= 0.3 is 0 Å². The molecule has 1 amide bonds. The molecule has 8 heteroatoms. The van der Waals surface area contributed by atoms with Crippen LogP contribution in [0.4, 0.5) is 10.1 Å². The molecular formula is C17H18ClFN2O3S. The van der Waals surface area contributed by atoms with E-state index in [1.807, 2.05) is 0 Å². The van der Waals surface area contributed by atoms with Crippen LogP contribution in [-0.4, -0.2) is 20.4 Å². The van der Waals surface area contributed by atoms with Crippen molar-refractivity contribution in [2.75, 3.05) is 5.32 Å². The van der Waals surface area contributed by atoms with E-state index in [0.717, 1.165) is 6.07 Å². The summed E-state index contributed by atoms with van der Waals surface area (Å²) in [4.78, 5) is 12.6. The molecule has 0 saturated carbocycles. The topological polar surface area (TPSA) is 75.3 Å². The molecule has 2 aromatic rings. The van der Waals surface area contributed by atoms with E-state index in [0.29, 0.717) is 0 Å². The van der Waals surface area contributed by atoms with Crippen molar-refractivity contribution in [3.63, 3.8) is 0 Å². The maximum absolute atomic E-state index is 13.2. The summed E-state index contributed by atoms with van der Waals surface area (Å²) in [6.45, 7) is 3.44. The van der Waals surface area contributed by atoms with E-state index in [4.69, 9.17) is 11.6 Å². The number of amides is 1. The zero-order valence-electron chi connectivity index (χ0n) is 13.7. The summed E-state index contributed by atoms with van der Waals surface area (Å²) in [5, 5.41) is 2.41. The van der Waals surface area contributed by atoms with Gasteiger partial charge < -0.3 is 5.32 Å².